The van der Waals surface area contributed by atoms with Gasteiger partial charge in [-0.05, 0) is 56.1 Å². The van der Waals surface area contributed by atoms with E-state index < -0.39 is 46.8 Å². The van der Waals surface area contributed by atoms with Gasteiger partial charge in [-0.1, -0.05) is 23.7 Å². The number of carbonyl (C=O) groups excluding carboxylic acids is 3. The summed E-state index contributed by atoms with van der Waals surface area (Å²) < 4.78 is 40.0. The summed E-state index contributed by atoms with van der Waals surface area (Å²) in [4.78, 5) is 43.9. The summed E-state index contributed by atoms with van der Waals surface area (Å²) in [5.74, 6) is -3.55. The summed E-state index contributed by atoms with van der Waals surface area (Å²) in [6.07, 6.45) is -3.27. The van der Waals surface area contributed by atoms with Gasteiger partial charge in [0, 0.05) is 11.6 Å². The van der Waals surface area contributed by atoms with E-state index in [9.17, 15) is 27.6 Å². The number of rotatable bonds is 1. The van der Waals surface area contributed by atoms with Crippen LogP contribution in [0.1, 0.15) is 29.5 Å². The molecule has 2 aromatic carbocycles. The van der Waals surface area contributed by atoms with E-state index in [1.54, 1.807) is 6.07 Å². The molecule has 0 aromatic heterocycles. The smallest absolute Gasteiger partial charge is 0.323 e. The second-order valence-corrected chi connectivity index (χ2v) is 9.76. The third-order valence-corrected chi connectivity index (χ3v) is 7.93. The summed E-state index contributed by atoms with van der Waals surface area (Å²) in [5, 5.41) is 3.17. The fraction of sp³-hybridized carbons (Fsp3) is 0.375. The second-order valence-electron chi connectivity index (χ2n) is 9.36. The van der Waals surface area contributed by atoms with Gasteiger partial charge in [0.05, 0.1) is 33.8 Å². The average molecular weight is 490 g/mol. The van der Waals surface area contributed by atoms with Gasteiger partial charge in [0.25, 0.3) is 5.91 Å². The Balaban J connectivity index is 1.54. The lowest BCUT2D eigenvalue weighted by Gasteiger charge is -2.36. The van der Waals surface area contributed by atoms with Crippen LogP contribution < -0.4 is 10.2 Å². The molecular weight excluding hydrogens is 471 g/mol. The molecule has 4 unspecified atom stereocenters. The minimum atomic E-state index is -4.63. The van der Waals surface area contributed by atoms with Gasteiger partial charge in [0.1, 0.15) is 5.54 Å². The number of aryl methyl sites for hydroxylation is 1. The average Bonchev–Trinajstić information content (AvgIpc) is 3.47. The third-order valence-electron chi connectivity index (χ3n) is 7.63. The number of benzene rings is 2. The first-order valence-electron chi connectivity index (χ1n) is 11.0. The zero-order chi connectivity index (χ0) is 24.2. The quantitative estimate of drug-likeness (QED) is 0.612. The van der Waals surface area contributed by atoms with Crippen LogP contribution in [0.5, 0.6) is 0 Å². The third kappa shape index (κ3) is 2.54. The number of imide groups is 1. The van der Waals surface area contributed by atoms with Gasteiger partial charge in [-0.15, -0.1) is 0 Å². The van der Waals surface area contributed by atoms with E-state index in [4.69, 9.17) is 11.6 Å². The van der Waals surface area contributed by atoms with Crippen LogP contribution in [0, 0.1) is 18.8 Å². The van der Waals surface area contributed by atoms with Gasteiger partial charge in [-0.25, -0.2) is 4.90 Å². The Morgan fingerprint density at radius 2 is 1.88 bits per heavy atom. The van der Waals surface area contributed by atoms with Crippen molar-refractivity contribution in [2.75, 3.05) is 16.8 Å². The molecule has 4 heterocycles. The Kier molecular flexibility index (Phi) is 4.34. The van der Waals surface area contributed by atoms with E-state index in [0.717, 1.165) is 29.0 Å². The van der Waals surface area contributed by atoms with Crippen LogP contribution >= 0.6 is 11.6 Å². The van der Waals surface area contributed by atoms with E-state index in [1.807, 2.05) is 17.9 Å². The first-order chi connectivity index (χ1) is 16.1. The molecule has 4 aliphatic rings. The molecule has 0 aliphatic carbocycles. The summed E-state index contributed by atoms with van der Waals surface area (Å²) in [6, 6.07) is 7.33. The summed E-state index contributed by atoms with van der Waals surface area (Å²) >= 11 is 6.44. The first-order valence-corrected chi connectivity index (χ1v) is 11.4. The lowest BCUT2D eigenvalue weighted by atomic mass is 9.75. The fourth-order valence-corrected chi connectivity index (χ4v) is 6.79. The van der Waals surface area contributed by atoms with Gasteiger partial charge in [0.2, 0.25) is 11.8 Å². The van der Waals surface area contributed by atoms with Crippen LogP contribution in [0.25, 0.3) is 0 Å². The van der Waals surface area contributed by atoms with Crippen molar-refractivity contribution in [1.82, 2.24) is 4.90 Å². The number of halogens is 4. The van der Waals surface area contributed by atoms with Gasteiger partial charge in [0.15, 0.2) is 0 Å². The number of anilines is 2. The van der Waals surface area contributed by atoms with Crippen LogP contribution in [0.4, 0.5) is 24.5 Å². The van der Waals surface area contributed by atoms with Crippen LogP contribution in [-0.4, -0.2) is 35.2 Å². The molecule has 0 saturated carbocycles. The second kappa shape index (κ2) is 6.82. The predicted molar refractivity (Wildman–Crippen MR) is 117 cm³/mol. The molecule has 3 fully saturated rings. The summed E-state index contributed by atoms with van der Waals surface area (Å²) in [7, 11) is 0. The Morgan fingerprint density at radius 1 is 1.12 bits per heavy atom. The highest BCUT2D eigenvalue weighted by atomic mass is 35.5. The molecule has 1 N–H and O–H groups in total. The number of carbonyl (C=O) groups is 3. The monoisotopic (exact) mass is 489 g/mol. The molecule has 176 valence electrons. The maximum Gasteiger partial charge on any atom is 0.416 e. The molecule has 3 amide bonds. The van der Waals surface area contributed by atoms with Crippen molar-refractivity contribution in [2.45, 2.75) is 37.5 Å². The zero-order valence-electron chi connectivity index (χ0n) is 17.9. The number of fused-ring (bicyclic) bond motifs is 7. The first kappa shape index (κ1) is 21.6. The largest absolute Gasteiger partial charge is 0.416 e. The number of alkyl halides is 3. The van der Waals surface area contributed by atoms with Gasteiger partial charge in [-0.2, -0.15) is 13.2 Å². The highest BCUT2D eigenvalue weighted by Crippen LogP contribution is 2.61. The van der Waals surface area contributed by atoms with E-state index >= 15 is 0 Å². The molecule has 34 heavy (non-hydrogen) atoms. The van der Waals surface area contributed by atoms with Crippen LogP contribution in [0.15, 0.2) is 36.4 Å². The topological polar surface area (TPSA) is 69.7 Å². The van der Waals surface area contributed by atoms with Crippen molar-refractivity contribution >= 4 is 40.7 Å². The lowest BCUT2D eigenvalue weighted by Crippen LogP contribution is -2.54. The summed E-state index contributed by atoms with van der Waals surface area (Å²) in [5.41, 5.74) is -0.758. The summed E-state index contributed by atoms with van der Waals surface area (Å²) in [6.45, 7) is 2.35. The van der Waals surface area contributed by atoms with Gasteiger partial charge in [-0.3, -0.25) is 19.3 Å². The Hall–Kier alpha value is -2.91. The predicted octanol–water partition coefficient (Wildman–Crippen LogP) is 4.10. The molecule has 6 nitrogen and oxygen atoms in total. The minimum Gasteiger partial charge on any atom is -0.323 e. The number of nitrogens with one attached hydrogen (secondary N) is 1. The molecule has 2 aromatic rings. The minimum absolute atomic E-state index is 0.139. The number of nitrogens with zero attached hydrogens (tertiary/aromatic N) is 2. The fourth-order valence-electron chi connectivity index (χ4n) is 6.47. The standard InChI is InChI=1S/C24H19ClF3N3O3/c1-11-8-14-19(15(25)9-11)29-22(34)23(14)18-17(16-6-3-7-30(16)23)20(32)31(21(18)33)13-5-2-4-12(10-13)24(26,27)28/h2,4-5,8-10,16-18H,3,6-7H2,1H3,(H,29,34). The number of amides is 3. The van der Waals surface area contributed by atoms with Gasteiger partial charge >= 0.3 is 6.18 Å². The highest BCUT2D eigenvalue weighted by Gasteiger charge is 2.74. The Labute approximate surface area is 197 Å². The maximum absolute atomic E-state index is 13.9. The Bertz CT molecular complexity index is 1300. The van der Waals surface area contributed by atoms with Crippen molar-refractivity contribution in [3.63, 3.8) is 0 Å². The molecule has 3 saturated heterocycles. The van der Waals surface area contributed by atoms with Crippen molar-refractivity contribution in [3.8, 4) is 0 Å². The normalized spacial score (nSPS) is 30.2. The SMILES string of the molecule is Cc1cc(Cl)c2c(c1)C1(C(=O)N2)C2C(=O)N(c3cccc(C(F)(F)F)c3)C(=O)C2C2CCCN21. The highest BCUT2D eigenvalue weighted by molar-refractivity contribution is 6.35. The van der Waals surface area contributed by atoms with Crippen molar-refractivity contribution in [3.05, 3.63) is 58.1 Å². The van der Waals surface area contributed by atoms with E-state index in [1.165, 1.54) is 12.1 Å². The molecule has 1 spiro atoms. The van der Waals surface area contributed by atoms with Crippen LogP contribution in [0.3, 0.4) is 0 Å². The molecular formula is C24H19ClF3N3O3. The zero-order valence-corrected chi connectivity index (χ0v) is 18.7. The number of hydrogen-bond acceptors (Lipinski definition) is 4. The van der Waals surface area contributed by atoms with Crippen molar-refractivity contribution in [1.29, 1.82) is 0 Å². The molecule has 10 heteroatoms. The lowest BCUT2D eigenvalue weighted by molar-refractivity contribution is -0.137. The Morgan fingerprint density at radius 3 is 2.62 bits per heavy atom. The van der Waals surface area contributed by atoms with Crippen LogP contribution in [-0.2, 0) is 26.1 Å². The molecule has 4 atom stereocenters. The molecule has 0 bridgehead atoms. The molecule has 6 rings (SSSR count). The van der Waals surface area contributed by atoms with Crippen LogP contribution in [0.2, 0.25) is 5.02 Å². The molecule has 0 radical (unpaired) electrons. The maximum atomic E-state index is 13.9. The molecule has 4 aliphatic heterocycles. The van der Waals surface area contributed by atoms with Crippen molar-refractivity contribution < 1.29 is 27.6 Å². The van der Waals surface area contributed by atoms with E-state index in [0.29, 0.717) is 29.2 Å². The van der Waals surface area contributed by atoms with Gasteiger partial charge < -0.3 is 5.32 Å². The number of hydrogen-bond donors (Lipinski definition) is 1. The van der Waals surface area contributed by atoms with Crippen molar-refractivity contribution in [2.24, 2.45) is 11.8 Å². The van der Waals surface area contributed by atoms with E-state index in [-0.39, 0.29) is 11.7 Å². The van der Waals surface area contributed by atoms with E-state index in [2.05, 4.69) is 5.32 Å².